The van der Waals surface area contributed by atoms with Crippen LogP contribution in [0.2, 0.25) is 0 Å². The van der Waals surface area contributed by atoms with E-state index in [1.165, 1.54) is 0 Å². The lowest BCUT2D eigenvalue weighted by molar-refractivity contribution is 0.00578. The molecule has 2 aromatic rings. The van der Waals surface area contributed by atoms with Crippen molar-refractivity contribution < 1.29 is 14.0 Å². The molecule has 8 heteroatoms. The number of anilines is 1. The Labute approximate surface area is 141 Å². The quantitative estimate of drug-likeness (QED) is 0.847. The van der Waals surface area contributed by atoms with Gasteiger partial charge in [0.1, 0.15) is 12.3 Å². The minimum absolute atomic E-state index is 0.256. The molecule has 2 N–H and O–H groups in total. The van der Waals surface area contributed by atoms with Crippen molar-refractivity contribution in [1.29, 1.82) is 0 Å². The molecule has 1 saturated heterocycles. The van der Waals surface area contributed by atoms with Crippen molar-refractivity contribution in [3.05, 3.63) is 36.3 Å². The maximum absolute atomic E-state index is 6.03. The first-order chi connectivity index (χ1) is 11.3. The summed E-state index contributed by atoms with van der Waals surface area (Å²) in [5, 5.41) is 7.79. The van der Waals surface area contributed by atoms with E-state index in [9.17, 15) is 0 Å². The van der Waals surface area contributed by atoms with Crippen LogP contribution < -0.4 is 15.9 Å². The molecular formula is C16H21BN4O3. The van der Waals surface area contributed by atoms with Crippen LogP contribution in [0.4, 0.5) is 5.82 Å². The van der Waals surface area contributed by atoms with Gasteiger partial charge in [-0.25, -0.2) is 4.98 Å². The van der Waals surface area contributed by atoms with Gasteiger partial charge >= 0.3 is 7.12 Å². The van der Waals surface area contributed by atoms with E-state index >= 15 is 0 Å². The van der Waals surface area contributed by atoms with Crippen LogP contribution in [0.1, 0.15) is 33.4 Å². The van der Waals surface area contributed by atoms with E-state index in [4.69, 9.17) is 19.8 Å². The number of ether oxygens (including phenoxy) is 1. The average Bonchev–Trinajstić information content (AvgIpc) is 2.75. The van der Waals surface area contributed by atoms with Gasteiger partial charge in [0, 0.05) is 17.9 Å². The third-order valence-corrected chi connectivity index (χ3v) is 4.43. The molecule has 1 aliphatic heterocycles. The van der Waals surface area contributed by atoms with Crippen molar-refractivity contribution in [2.45, 2.75) is 45.5 Å². The third-order valence-electron chi connectivity index (χ3n) is 4.43. The van der Waals surface area contributed by atoms with Crippen LogP contribution in [-0.2, 0) is 15.9 Å². The van der Waals surface area contributed by atoms with Crippen molar-refractivity contribution in [3.63, 3.8) is 0 Å². The first kappa shape index (κ1) is 16.7. The van der Waals surface area contributed by atoms with Crippen molar-refractivity contribution in [3.8, 4) is 5.75 Å². The summed E-state index contributed by atoms with van der Waals surface area (Å²) >= 11 is 0. The first-order valence-electron chi connectivity index (χ1n) is 7.79. The Morgan fingerprint density at radius 3 is 2.54 bits per heavy atom. The molecule has 0 radical (unpaired) electrons. The Morgan fingerprint density at radius 2 is 1.92 bits per heavy atom. The van der Waals surface area contributed by atoms with E-state index < -0.39 is 18.3 Å². The Bertz CT molecular complexity index is 709. The second-order valence-corrected chi connectivity index (χ2v) is 6.74. The van der Waals surface area contributed by atoms with Crippen molar-refractivity contribution in [1.82, 2.24) is 15.2 Å². The Hall–Kier alpha value is -2.19. The zero-order valence-electron chi connectivity index (χ0n) is 14.3. The maximum atomic E-state index is 6.03. The Kier molecular flexibility index (Phi) is 4.19. The van der Waals surface area contributed by atoms with E-state index in [0.717, 1.165) is 5.46 Å². The first-order valence-corrected chi connectivity index (χ1v) is 7.79. The summed E-state index contributed by atoms with van der Waals surface area (Å²) in [6.07, 6.45) is 3.25. The molecule has 2 aromatic heterocycles. The molecular weight excluding hydrogens is 307 g/mol. The summed E-state index contributed by atoms with van der Waals surface area (Å²) in [7, 11) is -0.512. The van der Waals surface area contributed by atoms with Crippen LogP contribution in [0, 0.1) is 0 Å². The van der Waals surface area contributed by atoms with Gasteiger partial charge < -0.3 is 19.8 Å². The molecule has 0 amide bonds. The number of nitrogens with zero attached hydrogens (tertiary/aromatic N) is 3. The zero-order valence-corrected chi connectivity index (χ0v) is 14.3. The van der Waals surface area contributed by atoms with Crippen LogP contribution in [0.25, 0.3) is 0 Å². The highest BCUT2D eigenvalue weighted by molar-refractivity contribution is 6.62. The Balaban J connectivity index is 1.77. The van der Waals surface area contributed by atoms with Crippen molar-refractivity contribution in [2.24, 2.45) is 0 Å². The third kappa shape index (κ3) is 3.20. The predicted molar refractivity (Wildman–Crippen MR) is 90.7 cm³/mol. The van der Waals surface area contributed by atoms with Crippen LogP contribution in [-0.4, -0.2) is 33.5 Å². The monoisotopic (exact) mass is 328 g/mol. The number of hydrogen-bond donors (Lipinski definition) is 1. The number of rotatable bonds is 4. The van der Waals surface area contributed by atoms with E-state index in [0.29, 0.717) is 17.3 Å². The number of aromatic nitrogens is 3. The summed E-state index contributed by atoms with van der Waals surface area (Å²) in [6.45, 7) is 8.27. The van der Waals surface area contributed by atoms with Gasteiger partial charge in [-0.1, -0.05) is 0 Å². The van der Waals surface area contributed by atoms with Crippen molar-refractivity contribution in [2.75, 3.05) is 5.73 Å². The van der Waals surface area contributed by atoms with Gasteiger partial charge in [0.15, 0.2) is 11.6 Å². The molecule has 126 valence electrons. The highest BCUT2D eigenvalue weighted by atomic mass is 16.7. The molecule has 0 saturated carbocycles. The Morgan fingerprint density at radius 1 is 1.21 bits per heavy atom. The lowest BCUT2D eigenvalue weighted by Crippen LogP contribution is -2.41. The fourth-order valence-electron chi connectivity index (χ4n) is 2.26. The highest BCUT2D eigenvalue weighted by Crippen LogP contribution is 2.36. The van der Waals surface area contributed by atoms with Gasteiger partial charge in [0.05, 0.1) is 11.2 Å². The van der Waals surface area contributed by atoms with Crippen LogP contribution >= 0.6 is 0 Å². The zero-order chi connectivity index (χ0) is 17.4. The van der Waals surface area contributed by atoms with E-state index in [-0.39, 0.29) is 6.61 Å². The summed E-state index contributed by atoms with van der Waals surface area (Å²) in [6, 6.07) is 5.42. The molecule has 7 nitrogen and oxygen atoms in total. The van der Waals surface area contributed by atoms with E-state index in [1.54, 1.807) is 24.5 Å². The fourth-order valence-corrected chi connectivity index (χ4v) is 2.26. The van der Waals surface area contributed by atoms with Crippen LogP contribution in [0.5, 0.6) is 5.75 Å². The van der Waals surface area contributed by atoms with Crippen molar-refractivity contribution >= 4 is 18.4 Å². The van der Waals surface area contributed by atoms with Gasteiger partial charge in [-0.2, -0.15) is 10.2 Å². The predicted octanol–water partition coefficient (Wildman–Crippen LogP) is 1.33. The van der Waals surface area contributed by atoms with Gasteiger partial charge in [0.25, 0.3) is 0 Å². The lowest BCUT2D eigenvalue weighted by atomic mass is 9.80. The molecule has 0 aliphatic carbocycles. The molecule has 3 heterocycles. The van der Waals surface area contributed by atoms with Gasteiger partial charge in [-0.15, -0.1) is 0 Å². The number of hydrogen-bond acceptors (Lipinski definition) is 7. The summed E-state index contributed by atoms with van der Waals surface area (Å²) in [5.41, 5.74) is 6.54. The smallest absolute Gasteiger partial charge is 0.483 e. The molecule has 24 heavy (non-hydrogen) atoms. The lowest BCUT2D eigenvalue weighted by Gasteiger charge is -2.32. The molecule has 0 aromatic carbocycles. The summed E-state index contributed by atoms with van der Waals surface area (Å²) in [4.78, 5) is 4.19. The van der Waals surface area contributed by atoms with Crippen LogP contribution in [0.3, 0.4) is 0 Å². The molecule has 0 bridgehead atoms. The molecule has 1 aliphatic rings. The minimum Gasteiger partial charge on any atom is -0.483 e. The standard InChI is InChI=1S/C16H21BN4O3/c1-15(2)16(3,4)24-17(23-15)11-8-13(14(18)19-9-11)22-10-12-6-5-7-20-21-12/h5-9H,10H2,1-4H3,(H2,18,19). The fraction of sp³-hybridized carbons (Fsp3) is 0.438. The number of nitrogens with two attached hydrogens (primary N) is 1. The molecule has 0 unspecified atom stereocenters. The van der Waals surface area contributed by atoms with Crippen LogP contribution in [0.15, 0.2) is 30.6 Å². The van der Waals surface area contributed by atoms with Gasteiger partial charge in [0.2, 0.25) is 0 Å². The normalized spacial score (nSPS) is 18.6. The highest BCUT2D eigenvalue weighted by Gasteiger charge is 2.51. The number of nitrogen functional groups attached to an aromatic ring is 1. The number of pyridine rings is 1. The summed E-state index contributed by atoms with van der Waals surface area (Å²) in [5.74, 6) is 0.770. The molecule has 3 rings (SSSR count). The van der Waals surface area contributed by atoms with E-state index in [1.807, 2.05) is 33.8 Å². The average molecular weight is 328 g/mol. The molecule has 0 spiro atoms. The second kappa shape index (κ2) is 6.03. The van der Waals surface area contributed by atoms with Gasteiger partial charge in [-0.05, 0) is 45.9 Å². The molecule has 0 atom stereocenters. The van der Waals surface area contributed by atoms with E-state index in [2.05, 4.69) is 15.2 Å². The van der Waals surface area contributed by atoms with Gasteiger partial charge in [-0.3, -0.25) is 0 Å². The molecule has 1 fully saturated rings. The largest absolute Gasteiger partial charge is 0.496 e. The second-order valence-electron chi connectivity index (χ2n) is 6.74. The summed E-state index contributed by atoms with van der Waals surface area (Å²) < 4.78 is 17.8. The SMILES string of the molecule is CC1(C)OB(c2cnc(N)c(OCc3cccnn3)c2)OC1(C)C. The minimum atomic E-state index is -0.512. The topological polar surface area (TPSA) is 92.4 Å². The maximum Gasteiger partial charge on any atom is 0.496 e.